The fourth-order valence-corrected chi connectivity index (χ4v) is 3.00. The van der Waals surface area contributed by atoms with Crippen LogP contribution in [-0.4, -0.2) is 50.7 Å². The van der Waals surface area contributed by atoms with Crippen LogP contribution in [0.2, 0.25) is 0 Å². The lowest BCUT2D eigenvalue weighted by Crippen LogP contribution is -2.42. The Bertz CT molecular complexity index is 498. The normalized spacial score (nSPS) is 16.2. The van der Waals surface area contributed by atoms with E-state index < -0.39 is 0 Å². The maximum Gasteiger partial charge on any atom is 0.191 e. The Kier molecular flexibility index (Phi) is 8.63. The van der Waals surface area contributed by atoms with Crippen LogP contribution in [0.1, 0.15) is 37.3 Å². The third kappa shape index (κ3) is 6.49. The SMILES string of the molecule is CCOCc1ccccc1CNC(=NC)NCCN1CCCCC1. The van der Waals surface area contributed by atoms with E-state index in [9.17, 15) is 0 Å². The standard InChI is InChI=1S/C19H32N4O/c1-3-24-16-18-10-6-5-9-17(18)15-22-19(20-2)21-11-14-23-12-7-4-8-13-23/h5-6,9-10H,3-4,7-8,11-16H2,1-2H3,(H2,20,21,22). The number of nitrogens with one attached hydrogen (secondary N) is 2. The molecule has 0 unspecified atom stereocenters. The highest BCUT2D eigenvalue weighted by atomic mass is 16.5. The molecule has 0 saturated carbocycles. The van der Waals surface area contributed by atoms with Crippen molar-refractivity contribution in [3.63, 3.8) is 0 Å². The fraction of sp³-hybridized carbons (Fsp3) is 0.632. The average molecular weight is 332 g/mol. The molecule has 2 rings (SSSR count). The van der Waals surface area contributed by atoms with E-state index in [0.29, 0.717) is 6.61 Å². The molecule has 5 nitrogen and oxygen atoms in total. The molecule has 1 heterocycles. The number of ether oxygens (including phenoxy) is 1. The van der Waals surface area contributed by atoms with Crippen molar-refractivity contribution in [1.29, 1.82) is 0 Å². The molecular weight excluding hydrogens is 300 g/mol. The van der Waals surface area contributed by atoms with E-state index in [4.69, 9.17) is 4.74 Å². The summed E-state index contributed by atoms with van der Waals surface area (Å²) in [6.45, 7) is 8.66. The number of aliphatic imine (C=N–C) groups is 1. The average Bonchev–Trinajstić information content (AvgIpc) is 2.64. The quantitative estimate of drug-likeness (QED) is 0.567. The molecule has 1 aliphatic heterocycles. The zero-order valence-electron chi connectivity index (χ0n) is 15.2. The van der Waals surface area contributed by atoms with Gasteiger partial charge in [-0.1, -0.05) is 30.7 Å². The molecule has 1 fully saturated rings. The van der Waals surface area contributed by atoms with Crippen molar-refractivity contribution < 1.29 is 4.74 Å². The Labute approximate surface area is 146 Å². The second-order valence-electron chi connectivity index (χ2n) is 6.16. The van der Waals surface area contributed by atoms with Crippen molar-refractivity contribution in [1.82, 2.24) is 15.5 Å². The molecule has 1 saturated heterocycles. The number of benzene rings is 1. The molecule has 2 N–H and O–H groups in total. The van der Waals surface area contributed by atoms with Gasteiger partial charge in [-0.25, -0.2) is 0 Å². The van der Waals surface area contributed by atoms with E-state index in [2.05, 4.69) is 44.8 Å². The lowest BCUT2D eigenvalue weighted by atomic mass is 10.1. The molecule has 134 valence electrons. The summed E-state index contributed by atoms with van der Waals surface area (Å²) in [6.07, 6.45) is 4.06. The van der Waals surface area contributed by atoms with Gasteiger partial charge in [-0.05, 0) is 44.0 Å². The fourth-order valence-electron chi connectivity index (χ4n) is 3.00. The van der Waals surface area contributed by atoms with Crippen molar-refractivity contribution >= 4 is 5.96 Å². The number of hydrogen-bond donors (Lipinski definition) is 2. The predicted molar refractivity (Wildman–Crippen MR) is 100 cm³/mol. The highest BCUT2D eigenvalue weighted by molar-refractivity contribution is 5.79. The smallest absolute Gasteiger partial charge is 0.191 e. The Morgan fingerprint density at radius 3 is 2.58 bits per heavy atom. The van der Waals surface area contributed by atoms with Crippen molar-refractivity contribution in [3.05, 3.63) is 35.4 Å². The predicted octanol–water partition coefficient (Wildman–Crippen LogP) is 2.37. The van der Waals surface area contributed by atoms with Gasteiger partial charge in [0.25, 0.3) is 0 Å². The summed E-state index contributed by atoms with van der Waals surface area (Å²) < 4.78 is 5.55. The van der Waals surface area contributed by atoms with Crippen LogP contribution in [0.4, 0.5) is 0 Å². The summed E-state index contributed by atoms with van der Waals surface area (Å²) >= 11 is 0. The minimum atomic E-state index is 0.662. The molecule has 1 aliphatic rings. The molecule has 0 amide bonds. The third-order valence-corrected chi connectivity index (χ3v) is 4.42. The minimum Gasteiger partial charge on any atom is -0.377 e. The van der Waals surface area contributed by atoms with Gasteiger partial charge < -0.3 is 20.3 Å². The van der Waals surface area contributed by atoms with Crippen LogP contribution >= 0.6 is 0 Å². The topological polar surface area (TPSA) is 48.9 Å². The van der Waals surface area contributed by atoms with Crippen LogP contribution in [0, 0.1) is 0 Å². The van der Waals surface area contributed by atoms with Crippen LogP contribution in [0.15, 0.2) is 29.3 Å². The van der Waals surface area contributed by atoms with E-state index in [0.717, 1.165) is 32.2 Å². The molecule has 24 heavy (non-hydrogen) atoms. The molecule has 1 aromatic carbocycles. The van der Waals surface area contributed by atoms with Crippen molar-refractivity contribution in [2.24, 2.45) is 4.99 Å². The Morgan fingerprint density at radius 2 is 1.88 bits per heavy atom. The van der Waals surface area contributed by atoms with Gasteiger partial charge in [0.2, 0.25) is 0 Å². The first-order valence-corrected chi connectivity index (χ1v) is 9.15. The van der Waals surface area contributed by atoms with E-state index in [1.165, 1.54) is 43.5 Å². The van der Waals surface area contributed by atoms with E-state index >= 15 is 0 Å². The summed E-state index contributed by atoms with van der Waals surface area (Å²) in [5.41, 5.74) is 2.49. The molecule has 0 aliphatic carbocycles. The van der Waals surface area contributed by atoms with Crippen LogP contribution in [0.5, 0.6) is 0 Å². The van der Waals surface area contributed by atoms with Crippen molar-refractivity contribution in [2.75, 3.05) is 39.8 Å². The van der Waals surface area contributed by atoms with Gasteiger partial charge in [-0.3, -0.25) is 4.99 Å². The third-order valence-electron chi connectivity index (χ3n) is 4.42. The summed E-state index contributed by atoms with van der Waals surface area (Å²) in [5.74, 6) is 0.859. The number of guanidine groups is 1. The highest BCUT2D eigenvalue weighted by Gasteiger charge is 2.09. The van der Waals surface area contributed by atoms with Crippen LogP contribution in [0.25, 0.3) is 0 Å². The summed E-state index contributed by atoms with van der Waals surface area (Å²) in [5, 5.41) is 6.82. The molecule has 0 radical (unpaired) electrons. The molecular formula is C19H32N4O. The summed E-state index contributed by atoms with van der Waals surface area (Å²) in [7, 11) is 1.82. The number of rotatable bonds is 8. The molecule has 0 atom stereocenters. The van der Waals surface area contributed by atoms with Gasteiger partial charge in [-0.15, -0.1) is 0 Å². The lowest BCUT2D eigenvalue weighted by Gasteiger charge is -2.26. The minimum absolute atomic E-state index is 0.662. The molecule has 5 heteroatoms. The van der Waals surface area contributed by atoms with Crippen molar-refractivity contribution in [2.45, 2.75) is 39.3 Å². The van der Waals surface area contributed by atoms with Gasteiger partial charge >= 0.3 is 0 Å². The van der Waals surface area contributed by atoms with Crippen molar-refractivity contribution in [3.8, 4) is 0 Å². The lowest BCUT2D eigenvalue weighted by molar-refractivity contribution is 0.133. The van der Waals surface area contributed by atoms with Gasteiger partial charge in [0.05, 0.1) is 6.61 Å². The van der Waals surface area contributed by atoms with Crippen LogP contribution in [0.3, 0.4) is 0 Å². The molecule has 0 bridgehead atoms. The number of piperidine rings is 1. The number of hydrogen-bond acceptors (Lipinski definition) is 3. The largest absolute Gasteiger partial charge is 0.377 e. The highest BCUT2D eigenvalue weighted by Crippen LogP contribution is 2.10. The van der Waals surface area contributed by atoms with Gasteiger partial charge in [0.15, 0.2) is 5.96 Å². The first-order valence-electron chi connectivity index (χ1n) is 9.15. The Morgan fingerprint density at radius 1 is 1.12 bits per heavy atom. The molecule has 1 aromatic rings. The zero-order valence-corrected chi connectivity index (χ0v) is 15.2. The van der Waals surface area contributed by atoms with Crippen LogP contribution < -0.4 is 10.6 Å². The first kappa shape index (κ1) is 18.7. The maximum absolute atomic E-state index is 5.55. The monoisotopic (exact) mass is 332 g/mol. The van der Waals surface area contributed by atoms with Gasteiger partial charge in [-0.2, -0.15) is 0 Å². The molecule has 0 aromatic heterocycles. The van der Waals surface area contributed by atoms with Gasteiger partial charge in [0.1, 0.15) is 0 Å². The number of likely N-dealkylation sites (tertiary alicyclic amines) is 1. The second-order valence-corrected chi connectivity index (χ2v) is 6.16. The van der Waals surface area contributed by atoms with E-state index in [1.54, 1.807) is 0 Å². The Balaban J connectivity index is 1.74. The Hall–Kier alpha value is -1.59. The summed E-state index contributed by atoms with van der Waals surface area (Å²) in [6, 6.07) is 8.39. The summed E-state index contributed by atoms with van der Waals surface area (Å²) in [4.78, 5) is 6.85. The maximum atomic E-state index is 5.55. The van der Waals surface area contributed by atoms with E-state index in [1.807, 2.05) is 14.0 Å². The van der Waals surface area contributed by atoms with E-state index in [-0.39, 0.29) is 0 Å². The second kappa shape index (κ2) is 11.0. The van der Waals surface area contributed by atoms with Crippen LogP contribution in [-0.2, 0) is 17.9 Å². The zero-order chi connectivity index (χ0) is 17.0. The first-order chi connectivity index (χ1) is 11.8. The number of nitrogens with zero attached hydrogens (tertiary/aromatic N) is 2. The van der Waals surface area contributed by atoms with Gasteiger partial charge in [0, 0.05) is 33.3 Å². The molecule has 0 spiro atoms.